The fraction of sp³-hybridized carbons (Fsp3) is 0.533. The predicted molar refractivity (Wildman–Crippen MR) is 84.6 cm³/mol. The summed E-state index contributed by atoms with van der Waals surface area (Å²) in [5, 5.41) is 0.978. The van der Waals surface area contributed by atoms with Crippen LogP contribution in [0.15, 0.2) is 18.2 Å². The normalized spacial score (nSPS) is 18.9. The number of ether oxygens (including phenoxy) is 3. The Hall–Kier alpha value is -1.37. The van der Waals surface area contributed by atoms with Gasteiger partial charge in [0.15, 0.2) is 5.13 Å². The van der Waals surface area contributed by atoms with Crippen molar-refractivity contribution < 1.29 is 14.2 Å². The van der Waals surface area contributed by atoms with Gasteiger partial charge in [0, 0.05) is 13.6 Å². The van der Waals surface area contributed by atoms with Gasteiger partial charge in [-0.1, -0.05) is 17.4 Å². The van der Waals surface area contributed by atoms with Crippen LogP contribution in [0, 0.1) is 0 Å². The molecule has 21 heavy (non-hydrogen) atoms. The van der Waals surface area contributed by atoms with Gasteiger partial charge in [-0.3, -0.25) is 0 Å². The fourth-order valence-corrected chi connectivity index (χ4v) is 3.33. The molecular weight excluding hydrogens is 288 g/mol. The van der Waals surface area contributed by atoms with Crippen LogP contribution in [-0.2, 0) is 9.47 Å². The van der Waals surface area contributed by atoms with Gasteiger partial charge in [-0.05, 0) is 19.1 Å². The molecular formula is C15H20N2O3S. The molecule has 0 amide bonds. The first-order valence-corrected chi connectivity index (χ1v) is 8.02. The van der Waals surface area contributed by atoms with Crippen molar-refractivity contribution >= 4 is 26.7 Å². The molecule has 1 atom stereocenters. The number of thiazole rings is 1. The summed E-state index contributed by atoms with van der Waals surface area (Å²) in [6.45, 7) is 5.43. The summed E-state index contributed by atoms with van der Waals surface area (Å²) in [5.74, 6) is 0.850. The summed E-state index contributed by atoms with van der Waals surface area (Å²) < 4.78 is 17.9. The molecule has 0 radical (unpaired) electrons. The summed E-state index contributed by atoms with van der Waals surface area (Å²) >= 11 is 1.67. The molecule has 0 spiro atoms. The highest BCUT2D eigenvalue weighted by molar-refractivity contribution is 7.22. The van der Waals surface area contributed by atoms with Crippen molar-refractivity contribution in [2.45, 2.75) is 13.0 Å². The Morgan fingerprint density at radius 3 is 3.10 bits per heavy atom. The molecule has 1 saturated heterocycles. The van der Waals surface area contributed by atoms with E-state index in [1.54, 1.807) is 11.3 Å². The van der Waals surface area contributed by atoms with E-state index in [0.717, 1.165) is 27.6 Å². The van der Waals surface area contributed by atoms with Crippen molar-refractivity contribution in [1.82, 2.24) is 4.98 Å². The van der Waals surface area contributed by atoms with Gasteiger partial charge in [0.2, 0.25) is 0 Å². The maximum atomic E-state index is 5.69. The van der Waals surface area contributed by atoms with Gasteiger partial charge in [-0.25, -0.2) is 4.98 Å². The number of nitrogens with zero attached hydrogens (tertiary/aromatic N) is 2. The van der Waals surface area contributed by atoms with E-state index in [1.807, 2.05) is 26.1 Å². The molecule has 114 valence electrons. The first kappa shape index (κ1) is 14.6. The van der Waals surface area contributed by atoms with Gasteiger partial charge in [0.05, 0.1) is 37.2 Å². The quantitative estimate of drug-likeness (QED) is 0.849. The van der Waals surface area contributed by atoms with Crippen LogP contribution in [-0.4, -0.2) is 51.1 Å². The highest BCUT2D eigenvalue weighted by atomic mass is 32.1. The second-order valence-electron chi connectivity index (χ2n) is 4.98. The van der Waals surface area contributed by atoms with Crippen LogP contribution in [0.4, 0.5) is 5.13 Å². The number of rotatable bonds is 5. The zero-order valence-electron chi connectivity index (χ0n) is 12.4. The Balaban J connectivity index is 1.78. The second-order valence-corrected chi connectivity index (χ2v) is 5.99. The summed E-state index contributed by atoms with van der Waals surface area (Å²) in [6, 6.07) is 6.05. The Kier molecular flexibility index (Phi) is 4.57. The van der Waals surface area contributed by atoms with Crippen LogP contribution in [0.2, 0.25) is 0 Å². The van der Waals surface area contributed by atoms with E-state index in [2.05, 4.69) is 11.0 Å². The number of anilines is 1. The summed E-state index contributed by atoms with van der Waals surface area (Å²) in [7, 11) is 2.04. The lowest BCUT2D eigenvalue weighted by Gasteiger charge is -2.27. The van der Waals surface area contributed by atoms with Gasteiger partial charge in [0.25, 0.3) is 0 Å². The summed E-state index contributed by atoms with van der Waals surface area (Å²) in [6.07, 6.45) is 0.113. The number of hydrogen-bond donors (Lipinski definition) is 0. The first-order valence-electron chi connectivity index (χ1n) is 7.20. The molecule has 5 nitrogen and oxygen atoms in total. The monoisotopic (exact) mass is 308 g/mol. The van der Waals surface area contributed by atoms with Crippen molar-refractivity contribution in [3.63, 3.8) is 0 Å². The van der Waals surface area contributed by atoms with Gasteiger partial charge in [-0.15, -0.1) is 0 Å². The minimum absolute atomic E-state index is 0.113. The Labute approximate surface area is 128 Å². The molecule has 0 N–H and O–H groups in total. The van der Waals surface area contributed by atoms with Crippen molar-refractivity contribution in [3.05, 3.63) is 18.2 Å². The Morgan fingerprint density at radius 2 is 2.33 bits per heavy atom. The third-order valence-electron chi connectivity index (χ3n) is 3.36. The number of benzene rings is 1. The van der Waals surface area contributed by atoms with E-state index in [4.69, 9.17) is 19.2 Å². The highest BCUT2D eigenvalue weighted by Gasteiger charge is 2.19. The molecule has 1 fully saturated rings. The van der Waals surface area contributed by atoms with Crippen molar-refractivity contribution in [1.29, 1.82) is 0 Å². The topological polar surface area (TPSA) is 43.8 Å². The lowest BCUT2D eigenvalue weighted by Crippen LogP contribution is -2.38. The van der Waals surface area contributed by atoms with Crippen LogP contribution in [0.3, 0.4) is 0 Å². The molecule has 6 heteroatoms. The van der Waals surface area contributed by atoms with Crippen LogP contribution >= 0.6 is 11.3 Å². The molecule has 3 rings (SSSR count). The second kappa shape index (κ2) is 6.60. The standard InChI is InChI=1S/C15H20N2O3S/c1-3-19-12-5-4-6-13-14(12)16-15(21-13)17(2)9-11-10-18-7-8-20-11/h4-6,11H,3,7-10H2,1-2H3. The number of hydrogen-bond acceptors (Lipinski definition) is 6. The van der Waals surface area contributed by atoms with Gasteiger partial charge in [0.1, 0.15) is 11.3 Å². The number of fused-ring (bicyclic) bond motifs is 1. The van der Waals surface area contributed by atoms with Crippen molar-refractivity contribution in [3.8, 4) is 5.75 Å². The van der Waals surface area contributed by atoms with Gasteiger partial charge < -0.3 is 19.1 Å². The molecule has 1 aromatic heterocycles. The van der Waals surface area contributed by atoms with Gasteiger partial charge in [-0.2, -0.15) is 0 Å². The average molecular weight is 308 g/mol. The summed E-state index contributed by atoms with van der Waals surface area (Å²) in [5.41, 5.74) is 0.937. The highest BCUT2D eigenvalue weighted by Crippen LogP contribution is 2.33. The molecule has 1 aromatic carbocycles. The minimum Gasteiger partial charge on any atom is -0.492 e. The predicted octanol–water partition coefficient (Wildman–Crippen LogP) is 2.55. The van der Waals surface area contributed by atoms with Crippen LogP contribution < -0.4 is 9.64 Å². The Morgan fingerprint density at radius 1 is 1.43 bits per heavy atom. The maximum Gasteiger partial charge on any atom is 0.186 e. The fourth-order valence-electron chi connectivity index (χ4n) is 2.37. The molecule has 1 aliphatic heterocycles. The van der Waals surface area contributed by atoms with E-state index in [9.17, 15) is 0 Å². The largest absolute Gasteiger partial charge is 0.492 e. The third kappa shape index (κ3) is 3.28. The van der Waals surface area contributed by atoms with Crippen molar-refractivity contribution in [2.24, 2.45) is 0 Å². The minimum atomic E-state index is 0.113. The molecule has 2 heterocycles. The van der Waals surface area contributed by atoms with Crippen LogP contribution in [0.1, 0.15) is 6.92 Å². The van der Waals surface area contributed by atoms with E-state index >= 15 is 0 Å². The van der Waals surface area contributed by atoms with Crippen LogP contribution in [0.25, 0.3) is 10.2 Å². The number of aromatic nitrogens is 1. The number of para-hydroxylation sites is 1. The lowest BCUT2D eigenvalue weighted by molar-refractivity contribution is -0.0837. The van der Waals surface area contributed by atoms with E-state index in [1.165, 1.54) is 0 Å². The summed E-state index contributed by atoms with van der Waals surface area (Å²) in [4.78, 5) is 6.84. The zero-order valence-corrected chi connectivity index (χ0v) is 13.2. The lowest BCUT2D eigenvalue weighted by atomic mass is 10.3. The number of likely N-dealkylation sites (N-methyl/N-ethyl adjacent to an activating group) is 1. The molecule has 1 unspecified atom stereocenters. The molecule has 1 aliphatic rings. The Bertz CT molecular complexity index is 596. The first-order chi connectivity index (χ1) is 10.3. The van der Waals surface area contributed by atoms with E-state index in [0.29, 0.717) is 26.4 Å². The van der Waals surface area contributed by atoms with E-state index < -0.39 is 0 Å². The molecule has 2 aromatic rings. The SMILES string of the molecule is CCOc1cccc2sc(N(C)CC3COCCO3)nc12. The van der Waals surface area contributed by atoms with Crippen LogP contribution in [0.5, 0.6) is 5.75 Å². The maximum absolute atomic E-state index is 5.69. The molecule has 0 aliphatic carbocycles. The van der Waals surface area contributed by atoms with E-state index in [-0.39, 0.29) is 6.10 Å². The third-order valence-corrected chi connectivity index (χ3v) is 4.49. The zero-order chi connectivity index (χ0) is 14.7. The average Bonchev–Trinajstić information content (AvgIpc) is 2.94. The molecule has 0 saturated carbocycles. The van der Waals surface area contributed by atoms with Gasteiger partial charge >= 0.3 is 0 Å². The molecule has 0 bridgehead atoms. The smallest absolute Gasteiger partial charge is 0.186 e. The van der Waals surface area contributed by atoms with Crippen molar-refractivity contribution in [2.75, 3.05) is 44.9 Å².